The van der Waals surface area contributed by atoms with Crippen molar-refractivity contribution in [3.8, 4) is 0 Å². The SMILES string of the molecule is C=CC/C=C/OCCCC. The van der Waals surface area contributed by atoms with E-state index in [-0.39, 0.29) is 0 Å². The van der Waals surface area contributed by atoms with Gasteiger partial charge in [0.1, 0.15) is 0 Å². The van der Waals surface area contributed by atoms with Crippen molar-refractivity contribution in [3.63, 3.8) is 0 Å². The first-order valence-electron chi connectivity index (χ1n) is 3.79. The largest absolute Gasteiger partial charge is 0.502 e. The molecule has 0 aromatic heterocycles. The van der Waals surface area contributed by atoms with Crippen LogP contribution < -0.4 is 0 Å². The summed E-state index contributed by atoms with van der Waals surface area (Å²) in [6.07, 6.45) is 8.78. The minimum absolute atomic E-state index is 0.837. The summed E-state index contributed by atoms with van der Waals surface area (Å²) in [4.78, 5) is 0. The van der Waals surface area contributed by atoms with Crippen LogP contribution in [0, 0.1) is 0 Å². The smallest absolute Gasteiger partial charge is 0.0873 e. The van der Waals surface area contributed by atoms with Crippen molar-refractivity contribution in [1.29, 1.82) is 0 Å². The van der Waals surface area contributed by atoms with Gasteiger partial charge in [-0.1, -0.05) is 19.4 Å². The summed E-state index contributed by atoms with van der Waals surface area (Å²) in [7, 11) is 0. The van der Waals surface area contributed by atoms with Gasteiger partial charge in [0, 0.05) is 0 Å². The quantitative estimate of drug-likeness (QED) is 0.313. The molecule has 0 atom stereocenters. The maximum atomic E-state index is 5.15. The molecule has 0 aliphatic rings. The normalized spacial score (nSPS) is 10.1. The van der Waals surface area contributed by atoms with E-state index in [9.17, 15) is 0 Å². The molecule has 0 aromatic rings. The molecule has 0 heterocycles. The molecule has 0 N–H and O–H groups in total. The van der Waals surface area contributed by atoms with Crippen LogP contribution in [0.2, 0.25) is 0 Å². The third kappa shape index (κ3) is 7.28. The first-order chi connectivity index (χ1) is 4.91. The summed E-state index contributed by atoms with van der Waals surface area (Å²) >= 11 is 0. The van der Waals surface area contributed by atoms with Crippen LogP contribution in [0.5, 0.6) is 0 Å². The topological polar surface area (TPSA) is 9.23 Å². The average molecular weight is 140 g/mol. The van der Waals surface area contributed by atoms with E-state index < -0.39 is 0 Å². The lowest BCUT2D eigenvalue weighted by Crippen LogP contribution is -1.84. The van der Waals surface area contributed by atoms with Crippen molar-refractivity contribution in [2.24, 2.45) is 0 Å². The summed E-state index contributed by atoms with van der Waals surface area (Å²) in [6, 6.07) is 0. The lowest BCUT2D eigenvalue weighted by atomic mass is 10.4. The first kappa shape index (κ1) is 9.28. The third-order valence-corrected chi connectivity index (χ3v) is 1.11. The molecule has 0 fully saturated rings. The second-order valence-corrected chi connectivity index (χ2v) is 2.12. The summed E-state index contributed by atoms with van der Waals surface area (Å²) in [5, 5.41) is 0. The number of hydrogen-bond donors (Lipinski definition) is 0. The Bertz CT molecular complexity index is 94.9. The van der Waals surface area contributed by atoms with Gasteiger partial charge in [-0.25, -0.2) is 0 Å². The van der Waals surface area contributed by atoms with Gasteiger partial charge in [-0.3, -0.25) is 0 Å². The Morgan fingerprint density at radius 1 is 1.50 bits per heavy atom. The van der Waals surface area contributed by atoms with E-state index in [2.05, 4.69) is 13.5 Å². The maximum absolute atomic E-state index is 5.15. The zero-order valence-electron chi connectivity index (χ0n) is 6.68. The van der Waals surface area contributed by atoms with Gasteiger partial charge in [-0.05, 0) is 18.9 Å². The minimum Gasteiger partial charge on any atom is -0.502 e. The van der Waals surface area contributed by atoms with E-state index in [1.165, 1.54) is 6.42 Å². The molecule has 0 radical (unpaired) electrons. The predicted octanol–water partition coefficient (Wildman–Crippen LogP) is 2.89. The van der Waals surface area contributed by atoms with Crippen LogP contribution in [0.3, 0.4) is 0 Å². The van der Waals surface area contributed by atoms with Gasteiger partial charge < -0.3 is 4.74 Å². The van der Waals surface area contributed by atoms with Crippen LogP contribution in [0.4, 0.5) is 0 Å². The third-order valence-electron chi connectivity index (χ3n) is 1.11. The molecule has 0 saturated carbocycles. The number of allylic oxidation sites excluding steroid dienone is 2. The first-order valence-corrected chi connectivity index (χ1v) is 3.79. The van der Waals surface area contributed by atoms with Gasteiger partial charge in [-0.15, -0.1) is 6.58 Å². The molecule has 0 aliphatic heterocycles. The van der Waals surface area contributed by atoms with Gasteiger partial charge >= 0.3 is 0 Å². The zero-order chi connectivity index (χ0) is 7.66. The Balaban J connectivity index is 2.94. The highest BCUT2D eigenvalue weighted by atomic mass is 16.5. The fourth-order valence-corrected chi connectivity index (χ4v) is 0.516. The fourth-order valence-electron chi connectivity index (χ4n) is 0.516. The molecular formula is C9H16O. The standard InChI is InChI=1S/C9H16O/c1-3-5-7-9-10-8-6-4-2/h3,7,9H,1,4-6,8H2,2H3/b9-7+. The number of ether oxygens (including phenoxy) is 1. The molecule has 10 heavy (non-hydrogen) atoms. The summed E-state index contributed by atoms with van der Waals surface area (Å²) in [6.45, 7) is 6.57. The van der Waals surface area contributed by atoms with Crippen LogP contribution >= 0.6 is 0 Å². The minimum atomic E-state index is 0.837. The molecule has 0 saturated heterocycles. The Morgan fingerprint density at radius 2 is 2.30 bits per heavy atom. The lowest BCUT2D eigenvalue weighted by Gasteiger charge is -1.95. The Kier molecular flexibility index (Phi) is 7.68. The predicted molar refractivity (Wildman–Crippen MR) is 44.8 cm³/mol. The molecule has 1 nitrogen and oxygen atoms in total. The molecule has 0 aromatic carbocycles. The molecule has 0 amide bonds. The Labute approximate surface area is 63.4 Å². The highest BCUT2D eigenvalue weighted by Crippen LogP contribution is 1.89. The maximum Gasteiger partial charge on any atom is 0.0873 e. The molecular weight excluding hydrogens is 124 g/mol. The Morgan fingerprint density at radius 3 is 2.90 bits per heavy atom. The van der Waals surface area contributed by atoms with Crippen LogP contribution in [0.15, 0.2) is 25.0 Å². The van der Waals surface area contributed by atoms with Crippen LogP contribution in [0.1, 0.15) is 26.2 Å². The van der Waals surface area contributed by atoms with Crippen molar-refractivity contribution in [3.05, 3.63) is 25.0 Å². The van der Waals surface area contributed by atoms with Gasteiger partial charge in [0.15, 0.2) is 0 Å². The monoisotopic (exact) mass is 140 g/mol. The van der Waals surface area contributed by atoms with E-state index in [1.54, 1.807) is 6.26 Å². The molecule has 0 rings (SSSR count). The van der Waals surface area contributed by atoms with Crippen LogP contribution in [-0.4, -0.2) is 6.61 Å². The van der Waals surface area contributed by atoms with E-state index in [4.69, 9.17) is 4.74 Å². The summed E-state index contributed by atoms with van der Waals surface area (Å²) < 4.78 is 5.15. The molecule has 1 heteroatoms. The van der Waals surface area contributed by atoms with E-state index in [0.29, 0.717) is 0 Å². The van der Waals surface area contributed by atoms with Gasteiger partial charge in [0.05, 0.1) is 12.9 Å². The van der Waals surface area contributed by atoms with Gasteiger partial charge in [0.2, 0.25) is 0 Å². The van der Waals surface area contributed by atoms with Crippen LogP contribution in [0.25, 0.3) is 0 Å². The fraction of sp³-hybridized carbons (Fsp3) is 0.556. The van der Waals surface area contributed by atoms with Crippen molar-refractivity contribution >= 4 is 0 Å². The lowest BCUT2D eigenvalue weighted by molar-refractivity contribution is 0.243. The van der Waals surface area contributed by atoms with Crippen LogP contribution in [-0.2, 0) is 4.74 Å². The van der Waals surface area contributed by atoms with Gasteiger partial charge in [-0.2, -0.15) is 0 Å². The zero-order valence-corrected chi connectivity index (χ0v) is 6.68. The number of rotatable bonds is 6. The molecule has 0 bridgehead atoms. The number of unbranched alkanes of at least 4 members (excludes halogenated alkanes) is 1. The van der Waals surface area contributed by atoms with Crippen molar-refractivity contribution in [2.75, 3.05) is 6.61 Å². The van der Waals surface area contributed by atoms with E-state index in [1.807, 2.05) is 12.2 Å². The van der Waals surface area contributed by atoms with Crippen molar-refractivity contribution in [2.45, 2.75) is 26.2 Å². The molecule has 0 unspecified atom stereocenters. The average Bonchev–Trinajstić information content (AvgIpc) is 1.97. The molecule has 0 spiro atoms. The second-order valence-electron chi connectivity index (χ2n) is 2.12. The highest BCUT2D eigenvalue weighted by Gasteiger charge is 1.78. The molecule has 0 aliphatic carbocycles. The van der Waals surface area contributed by atoms with Crippen molar-refractivity contribution in [1.82, 2.24) is 0 Å². The summed E-state index contributed by atoms with van der Waals surface area (Å²) in [5.74, 6) is 0. The second kappa shape index (κ2) is 8.28. The Hall–Kier alpha value is -0.720. The van der Waals surface area contributed by atoms with E-state index >= 15 is 0 Å². The number of hydrogen-bond acceptors (Lipinski definition) is 1. The van der Waals surface area contributed by atoms with E-state index in [0.717, 1.165) is 19.4 Å². The highest BCUT2D eigenvalue weighted by molar-refractivity contribution is 4.83. The van der Waals surface area contributed by atoms with Crippen molar-refractivity contribution < 1.29 is 4.74 Å². The van der Waals surface area contributed by atoms with Gasteiger partial charge in [0.25, 0.3) is 0 Å². The summed E-state index contributed by atoms with van der Waals surface area (Å²) in [5.41, 5.74) is 0. The molecule has 58 valence electrons.